The molecule has 0 aliphatic heterocycles. The number of ether oxygens (including phenoxy) is 1. The molecule has 0 saturated heterocycles. The Morgan fingerprint density at radius 1 is 1.12 bits per heavy atom. The number of carbonyl (C=O) groups is 2. The highest BCUT2D eigenvalue weighted by Gasteiger charge is 2.15. The summed E-state index contributed by atoms with van der Waals surface area (Å²) in [5, 5.41) is 13.5. The number of rotatable bonds is 7. The summed E-state index contributed by atoms with van der Waals surface area (Å²) in [4.78, 5) is 35.5. The monoisotopic (exact) mass is 357 g/mol. The fraction of sp³-hybridized carbons (Fsp3) is 0.222. The maximum Gasteiger partial charge on any atom is 0.310 e. The molecule has 26 heavy (non-hydrogen) atoms. The first kappa shape index (κ1) is 18.9. The quantitative estimate of drug-likeness (QED) is 0.605. The van der Waals surface area contributed by atoms with E-state index in [1.807, 2.05) is 0 Å². The first-order valence-corrected chi connectivity index (χ1v) is 7.82. The average molecular weight is 357 g/mol. The molecule has 8 heteroatoms. The van der Waals surface area contributed by atoms with E-state index in [2.05, 4.69) is 5.32 Å². The molecule has 0 spiro atoms. The fourth-order valence-electron chi connectivity index (χ4n) is 2.11. The molecule has 0 aliphatic carbocycles. The number of likely N-dealkylation sites (N-methyl/N-ethyl adjacent to an activating group) is 1. The van der Waals surface area contributed by atoms with E-state index >= 15 is 0 Å². The van der Waals surface area contributed by atoms with Crippen LogP contribution in [0.4, 0.5) is 11.4 Å². The summed E-state index contributed by atoms with van der Waals surface area (Å²) in [6, 6.07) is 12.7. The lowest BCUT2D eigenvalue weighted by molar-refractivity contribution is -0.385. The maximum absolute atomic E-state index is 12.0. The molecule has 2 aromatic carbocycles. The lowest BCUT2D eigenvalue weighted by Crippen LogP contribution is -2.23. The standard InChI is InChI=1S/C18H19N3O5/c1-20(2)18(23)11-13-7-9-14(10-8-13)19-17(22)12-26-16-6-4-3-5-15(16)21(24)25/h3-10H,11-12H2,1-2H3,(H,19,22). The number of anilines is 1. The molecule has 0 heterocycles. The molecule has 1 N–H and O–H groups in total. The van der Waals surface area contributed by atoms with Crippen LogP contribution >= 0.6 is 0 Å². The van der Waals surface area contributed by atoms with Gasteiger partial charge in [0.2, 0.25) is 5.91 Å². The van der Waals surface area contributed by atoms with Crippen molar-refractivity contribution in [1.82, 2.24) is 4.90 Å². The van der Waals surface area contributed by atoms with Gasteiger partial charge < -0.3 is 15.0 Å². The van der Waals surface area contributed by atoms with E-state index in [0.717, 1.165) is 5.56 Å². The van der Waals surface area contributed by atoms with Gasteiger partial charge in [0.15, 0.2) is 12.4 Å². The highest BCUT2D eigenvalue weighted by atomic mass is 16.6. The molecule has 0 bridgehead atoms. The number of nitro groups is 1. The van der Waals surface area contributed by atoms with Gasteiger partial charge in [-0.3, -0.25) is 19.7 Å². The van der Waals surface area contributed by atoms with Crippen molar-refractivity contribution >= 4 is 23.2 Å². The van der Waals surface area contributed by atoms with Crippen LogP contribution in [-0.2, 0) is 16.0 Å². The molecule has 0 atom stereocenters. The number of nitrogens with zero attached hydrogens (tertiary/aromatic N) is 2. The number of nitro benzene ring substituents is 1. The van der Waals surface area contributed by atoms with Gasteiger partial charge in [-0.25, -0.2) is 0 Å². The van der Waals surface area contributed by atoms with Crippen LogP contribution in [0.5, 0.6) is 5.75 Å². The van der Waals surface area contributed by atoms with Crippen molar-refractivity contribution < 1.29 is 19.2 Å². The van der Waals surface area contributed by atoms with Gasteiger partial charge in [-0.2, -0.15) is 0 Å². The second-order valence-corrected chi connectivity index (χ2v) is 5.72. The normalized spacial score (nSPS) is 10.1. The fourth-order valence-corrected chi connectivity index (χ4v) is 2.11. The molecule has 8 nitrogen and oxygen atoms in total. The average Bonchev–Trinajstić information content (AvgIpc) is 2.61. The molecule has 136 valence electrons. The van der Waals surface area contributed by atoms with Gasteiger partial charge in [0.05, 0.1) is 11.3 Å². The molecule has 2 rings (SSSR count). The minimum atomic E-state index is -0.568. The Balaban J connectivity index is 1.90. The van der Waals surface area contributed by atoms with E-state index in [9.17, 15) is 19.7 Å². The number of amides is 2. The Morgan fingerprint density at radius 3 is 2.38 bits per heavy atom. The zero-order valence-corrected chi connectivity index (χ0v) is 14.5. The largest absolute Gasteiger partial charge is 0.477 e. The third kappa shape index (κ3) is 5.30. The van der Waals surface area contributed by atoms with Crippen LogP contribution in [0.3, 0.4) is 0 Å². The summed E-state index contributed by atoms with van der Waals surface area (Å²) in [6.45, 7) is -0.355. The van der Waals surface area contributed by atoms with Crippen LogP contribution in [0.25, 0.3) is 0 Å². The summed E-state index contributed by atoms with van der Waals surface area (Å²) >= 11 is 0. The number of nitrogens with one attached hydrogen (secondary N) is 1. The van der Waals surface area contributed by atoms with Crippen molar-refractivity contribution in [3.63, 3.8) is 0 Å². The lowest BCUT2D eigenvalue weighted by Gasteiger charge is -2.11. The van der Waals surface area contributed by atoms with E-state index in [-0.39, 0.29) is 30.4 Å². The smallest absolute Gasteiger partial charge is 0.310 e. The van der Waals surface area contributed by atoms with Crippen molar-refractivity contribution in [1.29, 1.82) is 0 Å². The van der Waals surface area contributed by atoms with Gasteiger partial charge in [-0.15, -0.1) is 0 Å². The van der Waals surface area contributed by atoms with Gasteiger partial charge in [-0.1, -0.05) is 24.3 Å². The first-order chi connectivity index (χ1) is 12.4. The number of carbonyl (C=O) groups excluding carboxylic acids is 2. The van der Waals surface area contributed by atoms with E-state index in [0.29, 0.717) is 5.69 Å². The van der Waals surface area contributed by atoms with E-state index < -0.39 is 10.8 Å². The molecule has 0 aliphatic rings. The number of hydrogen-bond acceptors (Lipinski definition) is 5. The van der Waals surface area contributed by atoms with Gasteiger partial charge in [-0.05, 0) is 23.8 Å². The molecule has 0 radical (unpaired) electrons. The molecule has 2 aromatic rings. The Hall–Kier alpha value is -3.42. The molecule has 0 fully saturated rings. The van der Waals surface area contributed by atoms with Gasteiger partial charge in [0.25, 0.3) is 5.91 Å². The van der Waals surface area contributed by atoms with E-state index in [1.54, 1.807) is 44.4 Å². The molecule has 0 saturated carbocycles. The zero-order valence-electron chi connectivity index (χ0n) is 14.5. The van der Waals surface area contributed by atoms with Crippen LogP contribution in [0.1, 0.15) is 5.56 Å². The summed E-state index contributed by atoms with van der Waals surface area (Å²) in [5.41, 5.74) is 1.18. The first-order valence-electron chi connectivity index (χ1n) is 7.82. The SMILES string of the molecule is CN(C)C(=O)Cc1ccc(NC(=O)COc2ccccc2[N+](=O)[O-])cc1. The summed E-state index contributed by atoms with van der Waals surface area (Å²) in [7, 11) is 3.38. The van der Waals surface area contributed by atoms with Crippen LogP contribution in [0.15, 0.2) is 48.5 Å². The van der Waals surface area contributed by atoms with Crippen LogP contribution < -0.4 is 10.1 Å². The Morgan fingerprint density at radius 2 is 1.77 bits per heavy atom. The van der Waals surface area contributed by atoms with Crippen molar-refractivity contribution in [2.45, 2.75) is 6.42 Å². The second kappa shape index (κ2) is 8.61. The van der Waals surface area contributed by atoms with Crippen molar-refractivity contribution in [3.8, 4) is 5.75 Å². The third-order valence-electron chi connectivity index (χ3n) is 3.51. The number of para-hydroxylation sites is 2. The van der Waals surface area contributed by atoms with Gasteiger partial charge in [0.1, 0.15) is 0 Å². The van der Waals surface area contributed by atoms with Crippen molar-refractivity contribution in [3.05, 3.63) is 64.2 Å². The number of hydrogen-bond donors (Lipinski definition) is 1. The second-order valence-electron chi connectivity index (χ2n) is 5.72. The minimum absolute atomic E-state index is 0.0142. The predicted octanol–water partition coefficient (Wildman–Crippen LogP) is 2.24. The van der Waals surface area contributed by atoms with E-state index in [1.165, 1.54) is 23.1 Å². The Labute approximate surface area is 150 Å². The highest BCUT2D eigenvalue weighted by molar-refractivity contribution is 5.92. The summed E-state index contributed by atoms with van der Waals surface area (Å²) in [5.74, 6) is -0.426. The van der Waals surface area contributed by atoms with Crippen LogP contribution in [-0.4, -0.2) is 42.3 Å². The van der Waals surface area contributed by atoms with E-state index in [4.69, 9.17) is 4.74 Å². The molecule has 0 unspecified atom stereocenters. The molecular weight excluding hydrogens is 338 g/mol. The Bertz CT molecular complexity index is 803. The predicted molar refractivity (Wildman–Crippen MR) is 96.1 cm³/mol. The maximum atomic E-state index is 12.0. The summed E-state index contributed by atoms with van der Waals surface area (Å²) < 4.78 is 5.23. The zero-order chi connectivity index (χ0) is 19.1. The Kier molecular flexibility index (Phi) is 6.26. The van der Waals surface area contributed by atoms with Crippen LogP contribution in [0, 0.1) is 10.1 Å². The van der Waals surface area contributed by atoms with Crippen LogP contribution in [0.2, 0.25) is 0 Å². The summed E-state index contributed by atoms with van der Waals surface area (Å²) in [6.07, 6.45) is 0.280. The molecule has 2 amide bonds. The van der Waals surface area contributed by atoms with Crippen molar-refractivity contribution in [2.75, 3.05) is 26.0 Å². The highest BCUT2D eigenvalue weighted by Crippen LogP contribution is 2.25. The third-order valence-corrected chi connectivity index (χ3v) is 3.51. The van der Waals surface area contributed by atoms with Crippen molar-refractivity contribution in [2.24, 2.45) is 0 Å². The van der Waals surface area contributed by atoms with Gasteiger partial charge in [0, 0.05) is 25.8 Å². The topological polar surface area (TPSA) is 102 Å². The number of benzene rings is 2. The van der Waals surface area contributed by atoms with Gasteiger partial charge >= 0.3 is 5.69 Å². The molecule has 0 aromatic heterocycles. The lowest BCUT2D eigenvalue weighted by atomic mass is 10.1. The minimum Gasteiger partial charge on any atom is -0.477 e. The molecular formula is C18H19N3O5.